The van der Waals surface area contributed by atoms with Crippen molar-refractivity contribution in [2.75, 3.05) is 5.32 Å². The van der Waals surface area contributed by atoms with Crippen LogP contribution >= 0.6 is 0 Å². The van der Waals surface area contributed by atoms with E-state index in [0.717, 1.165) is 53.9 Å². The lowest BCUT2D eigenvalue weighted by atomic mass is 10.0. The molecule has 0 bridgehead atoms. The number of aromatic nitrogens is 2. The molecule has 23 heavy (non-hydrogen) atoms. The Balaban J connectivity index is 1.54. The molecule has 2 fully saturated rings. The van der Waals surface area contributed by atoms with E-state index in [0.29, 0.717) is 5.82 Å². The standard InChI is InChI=1S/C18H18FN3O/c1-10-2-3-15(7-16(10)17-20-8-14(19)9-21-17)22-18(23)13-5-11-4-12(11)6-13/h2-3,7-9,11-13H,4-6H2,1H3,(H,22,23). The van der Waals surface area contributed by atoms with E-state index < -0.39 is 5.82 Å². The van der Waals surface area contributed by atoms with Crippen LogP contribution in [-0.4, -0.2) is 15.9 Å². The van der Waals surface area contributed by atoms with Gasteiger partial charge in [0.25, 0.3) is 0 Å². The Morgan fingerprint density at radius 3 is 2.57 bits per heavy atom. The van der Waals surface area contributed by atoms with E-state index in [1.165, 1.54) is 6.42 Å². The smallest absolute Gasteiger partial charge is 0.227 e. The number of nitrogens with one attached hydrogen (secondary N) is 1. The van der Waals surface area contributed by atoms with Gasteiger partial charge in [-0.15, -0.1) is 0 Å². The van der Waals surface area contributed by atoms with Crippen molar-refractivity contribution in [3.8, 4) is 11.4 Å². The molecule has 0 radical (unpaired) electrons. The van der Waals surface area contributed by atoms with E-state index in [1.54, 1.807) is 0 Å². The van der Waals surface area contributed by atoms with Crippen molar-refractivity contribution in [2.24, 2.45) is 17.8 Å². The van der Waals surface area contributed by atoms with Crippen molar-refractivity contribution in [1.82, 2.24) is 9.97 Å². The Labute approximate surface area is 134 Å². The molecule has 0 saturated heterocycles. The van der Waals surface area contributed by atoms with Gasteiger partial charge in [0.05, 0.1) is 12.4 Å². The van der Waals surface area contributed by atoms with E-state index in [1.807, 2.05) is 25.1 Å². The van der Waals surface area contributed by atoms with Gasteiger partial charge in [-0.2, -0.15) is 0 Å². The summed E-state index contributed by atoms with van der Waals surface area (Å²) in [5.74, 6) is 1.81. The fourth-order valence-corrected chi connectivity index (χ4v) is 3.57. The van der Waals surface area contributed by atoms with Crippen molar-refractivity contribution in [1.29, 1.82) is 0 Å². The minimum atomic E-state index is -0.462. The average molecular weight is 311 g/mol. The Bertz CT molecular complexity index is 749. The van der Waals surface area contributed by atoms with Crippen LogP contribution in [0.15, 0.2) is 30.6 Å². The van der Waals surface area contributed by atoms with Crippen molar-refractivity contribution in [3.05, 3.63) is 42.0 Å². The topological polar surface area (TPSA) is 54.9 Å². The molecule has 4 rings (SSSR count). The molecular formula is C18H18FN3O. The predicted molar refractivity (Wildman–Crippen MR) is 85.1 cm³/mol. The molecule has 0 aliphatic heterocycles. The maximum Gasteiger partial charge on any atom is 0.227 e. The molecule has 1 amide bonds. The molecule has 1 aromatic carbocycles. The number of carbonyl (C=O) groups is 1. The number of hydrogen-bond acceptors (Lipinski definition) is 3. The van der Waals surface area contributed by atoms with Crippen molar-refractivity contribution in [3.63, 3.8) is 0 Å². The molecule has 4 nitrogen and oxygen atoms in total. The molecule has 118 valence electrons. The molecule has 2 atom stereocenters. The van der Waals surface area contributed by atoms with Gasteiger partial charge in [0.15, 0.2) is 11.6 Å². The highest BCUT2D eigenvalue weighted by Gasteiger charge is 2.47. The van der Waals surface area contributed by atoms with E-state index in [9.17, 15) is 9.18 Å². The zero-order valence-electron chi connectivity index (χ0n) is 12.9. The molecule has 2 aliphatic carbocycles. The Kier molecular flexibility index (Phi) is 3.36. The second-order valence-corrected chi connectivity index (χ2v) is 6.67. The molecule has 1 aromatic heterocycles. The Morgan fingerprint density at radius 2 is 1.87 bits per heavy atom. The van der Waals surface area contributed by atoms with Crippen LogP contribution in [0, 0.1) is 30.5 Å². The quantitative estimate of drug-likeness (QED) is 0.942. The van der Waals surface area contributed by atoms with Gasteiger partial charge in [-0.3, -0.25) is 4.79 Å². The minimum Gasteiger partial charge on any atom is -0.326 e. The third-order valence-corrected chi connectivity index (χ3v) is 4.98. The summed E-state index contributed by atoms with van der Waals surface area (Å²) < 4.78 is 13.0. The SMILES string of the molecule is Cc1ccc(NC(=O)C2CC3CC3C2)cc1-c1ncc(F)cn1. The number of halogens is 1. The van der Waals surface area contributed by atoms with Gasteiger partial charge in [-0.1, -0.05) is 6.07 Å². The summed E-state index contributed by atoms with van der Waals surface area (Å²) in [6.45, 7) is 1.94. The first-order chi connectivity index (χ1) is 11.1. The van der Waals surface area contributed by atoms with Crippen LogP contribution in [0.1, 0.15) is 24.8 Å². The van der Waals surface area contributed by atoms with Crippen LogP contribution in [-0.2, 0) is 4.79 Å². The summed E-state index contributed by atoms with van der Waals surface area (Å²) in [4.78, 5) is 20.4. The second-order valence-electron chi connectivity index (χ2n) is 6.67. The first-order valence-corrected chi connectivity index (χ1v) is 7.99. The summed E-state index contributed by atoms with van der Waals surface area (Å²) in [6.07, 6.45) is 5.66. The second kappa shape index (κ2) is 5.41. The molecule has 1 heterocycles. The number of amides is 1. The summed E-state index contributed by atoms with van der Waals surface area (Å²) >= 11 is 0. The van der Waals surface area contributed by atoms with Gasteiger partial charge in [0, 0.05) is 17.2 Å². The number of nitrogens with zero attached hydrogens (tertiary/aromatic N) is 2. The molecule has 2 aliphatic rings. The predicted octanol–water partition coefficient (Wildman–Crippen LogP) is 3.58. The number of benzene rings is 1. The maximum atomic E-state index is 13.0. The lowest BCUT2D eigenvalue weighted by molar-refractivity contribution is -0.120. The largest absolute Gasteiger partial charge is 0.326 e. The summed E-state index contributed by atoms with van der Waals surface area (Å²) in [7, 11) is 0. The van der Waals surface area contributed by atoms with E-state index in [-0.39, 0.29) is 11.8 Å². The summed E-state index contributed by atoms with van der Waals surface area (Å²) in [6, 6.07) is 5.66. The summed E-state index contributed by atoms with van der Waals surface area (Å²) in [5, 5.41) is 3.01. The van der Waals surface area contributed by atoms with Gasteiger partial charge >= 0.3 is 0 Å². The minimum absolute atomic E-state index is 0.104. The number of fused-ring (bicyclic) bond motifs is 1. The number of aryl methyl sites for hydroxylation is 1. The Hall–Kier alpha value is -2.30. The molecule has 5 heteroatoms. The van der Waals surface area contributed by atoms with Gasteiger partial charge in [0.1, 0.15) is 0 Å². The first-order valence-electron chi connectivity index (χ1n) is 7.99. The van der Waals surface area contributed by atoms with Gasteiger partial charge in [-0.25, -0.2) is 14.4 Å². The van der Waals surface area contributed by atoms with Gasteiger partial charge in [0.2, 0.25) is 5.91 Å². The van der Waals surface area contributed by atoms with Gasteiger partial charge < -0.3 is 5.32 Å². The lowest BCUT2D eigenvalue weighted by Gasteiger charge is -2.14. The summed E-state index contributed by atoms with van der Waals surface area (Å²) in [5.41, 5.74) is 2.53. The molecule has 2 aromatic rings. The number of anilines is 1. The third kappa shape index (κ3) is 2.83. The monoisotopic (exact) mass is 311 g/mol. The number of carbonyl (C=O) groups excluding carboxylic acids is 1. The average Bonchev–Trinajstić information content (AvgIpc) is 3.16. The fourth-order valence-electron chi connectivity index (χ4n) is 3.57. The molecular weight excluding hydrogens is 293 g/mol. The fraction of sp³-hybridized carbons (Fsp3) is 0.389. The van der Waals surface area contributed by atoms with E-state index >= 15 is 0 Å². The zero-order valence-corrected chi connectivity index (χ0v) is 12.9. The maximum absolute atomic E-state index is 13.0. The van der Waals surface area contributed by atoms with Gasteiger partial charge in [-0.05, 0) is 55.7 Å². The van der Waals surface area contributed by atoms with Crippen LogP contribution in [0.5, 0.6) is 0 Å². The first kappa shape index (κ1) is 14.3. The van der Waals surface area contributed by atoms with Crippen molar-refractivity contribution < 1.29 is 9.18 Å². The highest BCUT2D eigenvalue weighted by Crippen LogP contribution is 2.54. The van der Waals surface area contributed by atoms with Crippen LogP contribution in [0.4, 0.5) is 10.1 Å². The molecule has 0 spiro atoms. The molecule has 1 N–H and O–H groups in total. The lowest BCUT2D eigenvalue weighted by Crippen LogP contribution is -2.21. The molecule has 2 unspecified atom stereocenters. The highest BCUT2D eigenvalue weighted by atomic mass is 19.1. The Morgan fingerprint density at radius 1 is 1.17 bits per heavy atom. The molecule has 2 saturated carbocycles. The van der Waals surface area contributed by atoms with Crippen LogP contribution in [0.25, 0.3) is 11.4 Å². The van der Waals surface area contributed by atoms with Crippen LogP contribution in [0.3, 0.4) is 0 Å². The van der Waals surface area contributed by atoms with Crippen LogP contribution < -0.4 is 5.32 Å². The third-order valence-electron chi connectivity index (χ3n) is 4.98. The van der Waals surface area contributed by atoms with Crippen molar-refractivity contribution in [2.45, 2.75) is 26.2 Å². The normalized spacial score (nSPS) is 25.0. The number of rotatable bonds is 3. The van der Waals surface area contributed by atoms with E-state index in [2.05, 4.69) is 15.3 Å². The van der Waals surface area contributed by atoms with Crippen LogP contribution in [0.2, 0.25) is 0 Å². The van der Waals surface area contributed by atoms with Crippen molar-refractivity contribution >= 4 is 11.6 Å². The van der Waals surface area contributed by atoms with E-state index in [4.69, 9.17) is 0 Å². The number of hydrogen-bond donors (Lipinski definition) is 1. The highest BCUT2D eigenvalue weighted by molar-refractivity contribution is 5.93. The zero-order chi connectivity index (χ0) is 16.0.